The third-order valence-corrected chi connectivity index (χ3v) is 3.57. The van der Waals surface area contributed by atoms with Gasteiger partial charge in [-0.25, -0.2) is 15.0 Å². The van der Waals surface area contributed by atoms with Crippen molar-refractivity contribution in [2.45, 2.75) is 18.9 Å². The van der Waals surface area contributed by atoms with Crippen LogP contribution < -0.4 is 10.6 Å². The Morgan fingerprint density at radius 1 is 1.24 bits per heavy atom. The second-order valence-corrected chi connectivity index (χ2v) is 5.12. The summed E-state index contributed by atoms with van der Waals surface area (Å²) >= 11 is 0. The molecule has 0 amide bonds. The number of pyridine rings is 1. The van der Waals surface area contributed by atoms with Gasteiger partial charge in [-0.3, -0.25) is 0 Å². The van der Waals surface area contributed by atoms with E-state index in [1.165, 1.54) is 5.56 Å². The molecule has 0 aromatic carbocycles. The van der Waals surface area contributed by atoms with Gasteiger partial charge in [-0.05, 0) is 36.6 Å². The Hall–Kier alpha value is -2.21. The van der Waals surface area contributed by atoms with Gasteiger partial charge in [-0.2, -0.15) is 0 Å². The van der Waals surface area contributed by atoms with Crippen LogP contribution in [0.1, 0.15) is 12.0 Å². The van der Waals surface area contributed by atoms with Crippen molar-refractivity contribution < 1.29 is 4.74 Å². The first-order chi connectivity index (χ1) is 10.3. The maximum Gasteiger partial charge on any atom is 0.225 e. The molecule has 1 atom stereocenters. The Morgan fingerprint density at radius 3 is 2.90 bits per heavy atom. The number of nitrogens with two attached hydrogens (primary N) is 1. The summed E-state index contributed by atoms with van der Waals surface area (Å²) in [6.07, 6.45) is 7.36. The molecule has 0 saturated carbocycles. The predicted octanol–water partition coefficient (Wildman–Crippen LogP) is 1.29. The molecular formula is C15H19N5O. The fourth-order valence-electron chi connectivity index (χ4n) is 2.51. The number of aromatic nitrogens is 3. The van der Waals surface area contributed by atoms with Gasteiger partial charge >= 0.3 is 0 Å². The minimum Gasteiger partial charge on any atom is -0.384 e. The van der Waals surface area contributed by atoms with Crippen LogP contribution in [0.15, 0.2) is 36.8 Å². The smallest absolute Gasteiger partial charge is 0.225 e. The van der Waals surface area contributed by atoms with E-state index in [4.69, 9.17) is 10.5 Å². The van der Waals surface area contributed by atoms with Crippen LogP contribution >= 0.6 is 0 Å². The van der Waals surface area contributed by atoms with E-state index < -0.39 is 0 Å². The molecule has 1 aliphatic rings. The summed E-state index contributed by atoms with van der Waals surface area (Å²) in [6, 6.07) is 5.74. The number of ether oxygens (including phenoxy) is 1. The Morgan fingerprint density at radius 2 is 2.10 bits per heavy atom. The molecular weight excluding hydrogens is 266 g/mol. The van der Waals surface area contributed by atoms with Crippen LogP contribution in [0.3, 0.4) is 0 Å². The number of aryl methyl sites for hydroxylation is 1. The van der Waals surface area contributed by atoms with Crippen LogP contribution in [0.5, 0.6) is 0 Å². The molecule has 0 radical (unpaired) electrons. The molecule has 1 fully saturated rings. The lowest BCUT2D eigenvalue weighted by molar-refractivity contribution is 0.0349. The largest absolute Gasteiger partial charge is 0.384 e. The van der Waals surface area contributed by atoms with Crippen molar-refractivity contribution in [3.63, 3.8) is 0 Å². The Bertz CT molecular complexity index is 577. The zero-order chi connectivity index (χ0) is 14.5. The van der Waals surface area contributed by atoms with Gasteiger partial charge in [0.2, 0.25) is 5.95 Å². The van der Waals surface area contributed by atoms with E-state index in [1.54, 1.807) is 18.6 Å². The van der Waals surface area contributed by atoms with Gasteiger partial charge in [0.15, 0.2) is 0 Å². The summed E-state index contributed by atoms with van der Waals surface area (Å²) < 4.78 is 5.84. The zero-order valence-electron chi connectivity index (χ0n) is 11.9. The lowest BCUT2D eigenvalue weighted by atomic mass is 10.1. The van der Waals surface area contributed by atoms with Crippen LogP contribution in [-0.4, -0.2) is 40.8 Å². The first-order valence-corrected chi connectivity index (χ1v) is 7.15. The highest BCUT2D eigenvalue weighted by Gasteiger charge is 2.21. The van der Waals surface area contributed by atoms with Crippen molar-refractivity contribution in [2.24, 2.45) is 0 Å². The van der Waals surface area contributed by atoms with Gasteiger partial charge in [-0.15, -0.1) is 0 Å². The molecule has 6 heteroatoms. The molecule has 21 heavy (non-hydrogen) atoms. The second-order valence-electron chi connectivity index (χ2n) is 5.12. The summed E-state index contributed by atoms with van der Waals surface area (Å²) in [5, 5.41) is 0. The van der Waals surface area contributed by atoms with E-state index in [0.717, 1.165) is 31.9 Å². The molecule has 2 aromatic heterocycles. The van der Waals surface area contributed by atoms with Crippen molar-refractivity contribution in [3.8, 4) is 0 Å². The first kappa shape index (κ1) is 13.8. The van der Waals surface area contributed by atoms with Crippen LogP contribution in [-0.2, 0) is 11.2 Å². The van der Waals surface area contributed by atoms with E-state index in [1.807, 2.05) is 18.2 Å². The molecule has 6 nitrogen and oxygen atoms in total. The second kappa shape index (κ2) is 6.49. The molecule has 0 bridgehead atoms. The van der Waals surface area contributed by atoms with Crippen LogP contribution in [0, 0.1) is 0 Å². The number of rotatable bonds is 4. The van der Waals surface area contributed by atoms with E-state index >= 15 is 0 Å². The highest BCUT2D eigenvalue weighted by Crippen LogP contribution is 2.16. The summed E-state index contributed by atoms with van der Waals surface area (Å²) in [5.41, 5.74) is 6.89. The number of nitrogens with zero attached hydrogens (tertiary/aromatic N) is 4. The fraction of sp³-hybridized carbons (Fsp3) is 0.400. The molecule has 0 spiro atoms. The van der Waals surface area contributed by atoms with Gasteiger partial charge in [0.1, 0.15) is 5.82 Å². The molecule has 1 saturated heterocycles. The zero-order valence-corrected chi connectivity index (χ0v) is 11.9. The Kier molecular flexibility index (Phi) is 4.25. The lowest BCUT2D eigenvalue weighted by Gasteiger charge is -2.32. The molecule has 2 N–H and O–H groups in total. The number of hydrogen-bond acceptors (Lipinski definition) is 6. The molecule has 2 aromatic rings. The maximum absolute atomic E-state index is 5.84. The number of anilines is 2. The van der Waals surface area contributed by atoms with Crippen molar-refractivity contribution >= 4 is 11.8 Å². The fourth-order valence-corrected chi connectivity index (χ4v) is 2.51. The van der Waals surface area contributed by atoms with Crippen LogP contribution in [0.25, 0.3) is 0 Å². The third kappa shape index (κ3) is 3.66. The molecule has 3 rings (SSSR count). The van der Waals surface area contributed by atoms with E-state index in [-0.39, 0.29) is 6.10 Å². The van der Waals surface area contributed by atoms with E-state index in [2.05, 4.69) is 19.9 Å². The molecule has 110 valence electrons. The number of morpholine rings is 1. The van der Waals surface area contributed by atoms with Crippen molar-refractivity contribution in [1.29, 1.82) is 0 Å². The normalized spacial score (nSPS) is 18.7. The Balaban J connectivity index is 1.57. The van der Waals surface area contributed by atoms with Gasteiger partial charge in [0.05, 0.1) is 12.7 Å². The summed E-state index contributed by atoms with van der Waals surface area (Å²) in [5.74, 6) is 1.34. The number of nitrogen functional groups attached to an aromatic ring is 1. The van der Waals surface area contributed by atoms with Gasteiger partial charge in [0, 0.05) is 31.7 Å². The SMILES string of the molecule is Nc1cc(CC[C@@H]2CN(c3ncccn3)CCO2)ccn1. The highest BCUT2D eigenvalue weighted by atomic mass is 16.5. The van der Waals surface area contributed by atoms with Crippen molar-refractivity contribution in [3.05, 3.63) is 42.4 Å². The topological polar surface area (TPSA) is 77.2 Å². The quantitative estimate of drug-likeness (QED) is 0.912. The average Bonchev–Trinajstić information content (AvgIpc) is 2.54. The molecule has 0 unspecified atom stereocenters. The standard InChI is InChI=1S/C15H19N5O/c16-14-10-12(4-7-17-14)2-3-13-11-20(8-9-21-13)15-18-5-1-6-19-15/h1,4-7,10,13H,2-3,8-9,11H2,(H2,16,17)/t13-/m1/s1. The van der Waals surface area contributed by atoms with Gasteiger partial charge in [-0.1, -0.05) is 0 Å². The van der Waals surface area contributed by atoms with Gasteiger partial charge < -0.3 is 15.4 Å². The monoisotopic (exact) mass is 285 g/mol. The third-order valence-electron chi connectivity index (χ3n) is 3.57. The molecule has 0 aliphatic carbocycles. The van der Waals surface area contributed by atoms with Gasteiger partial charge in [0.25, 0.3) is 0 Å². The summed E-state index contributed by atoms with van der Waals surface area (Å²) in [7, 11) is 0. The Labute approximate surface area is 124 Å². The predicted molar refractivity (Wildman–Crippen MR) is 81.0 cm³/mol. The minimum absolute atomic E-state index is 0.192. The number of hydrogen-bond donors (Lipinski definition) is 1. The highest BCUT2D eigenvalue weighted by molar-refractivity contribution is 5.32. The van der Waals surface area contributed by atoms with E-state index in [9.17, 15) is 0 Å². The van der Waals surface area contributed by atoms with E-state index in [0.29, 0.717) is 12.4 Å². The maximum atomic E-state index is 5.84. The van der Waals surface area contributed by atoms with Crippen LogP contribution in [0.2, 0.25) is 0 Å². The lowest BCUT2D eigenvalue weighted by Crippen LogP contribution is -2.43. The summed E-state index contributed by atoms with van der Waals surface area (Å²) in [4.78, 5) is 14.8. The minimum atomic E-state index is 0.192. The summed E-state index contributed by atoms with van der Waals surface area (Å²) in [6.45, 7) is 2.37. The molecule has 3 heterocycles. The first-order valence-electron chi connectivity index (χ1n) is 7.15. The molecule has 1 aliphatic heterocycles. The van der Waals surface area contributed by atoms with Crippen LogP contribution in [0.4, 0.5) is 11.8 Å². The average molecular weight is 285 g/mol. The van der Waals surface area contributed by atoms with Crippen molar-refractivity contribution in [2.75, 3.05) is 30.3 Å². The van der Waals surface area contributed by atoms with Crippen molar-refractivity contribution in [1.82, 2.24) is 15.0 Å².